The first-order valence-electron chi connectivity index (χ1n) is 10.6. The van der Waals surface area contributed by atoms with Crippen molar-refractivity contribution in [2.75, 3.05) is 37.8 Å². The molecule has 4 atom stereocenters. The quantitative estimate of drug-likeness (QED) is 0.699. The average molecular weight is 450 g/mol. The Morgan fingerprint density at radius 1 is 1.09 bits per heavy atom. The lowest BCUT2D eigenvalue weighted by Gasteiger charge is -2.23. The summed E-state index contributed by atoms with van der Waals surface area (Å²) in [7, 11) is 3.08. The van der Waals surface area contributed by atoms with Gasteiger partial charge in [-0.1, -0.05) is 12.2 Å². The molecule has 9 heteroatoms. The van der Waals surface area contributed by atoms with E-state index in [1.165, 1.54) is 0 Å². The Balaban J connectivity index is 1.28. The number of benzene rings is 2. The van der Waals surface area contributed by atoms with Crippen molar-refractivity contribution >= 4 is 23.2 Å². The molecule has 1 N–H and O–H groups in total. The maximum Gasteiger partial charge on any atom is 0.234 e. The molecule has 9 nitrogen and oxygen atoms in total. The molecule has 2 amide bonds. The summed E-state index contributed by atoms with van der Waals surface area (Å²) in [5.74, 6) is 0.636. The minimum atomic E-state index is -0.827. The monoisotopic (exact) mass is 450 g/mol. The second-order valence-corrected chi connectivity index (χ2v) is 8.45. The molecule has 2 aromatic rings. The van der Waals surface area contributed by atoms with E-state index in [2.05, 4.69) is 5.32 Å². The highest BCUT2D eigenvalue weighted by molar-refractivity contribution is 6.05. The summed E-state index contributed by atoms with van der Waals surface area (Å²) in [5.41, 5.74) is 0.381. The lowest BCUT2D eigenvalue weighted by Crippen LogP contribution is -2.41. The van der Waals surface area contributed by atoms with Gasteiger partial charge in [0.2, 0.25) is 18.6 Å². The number of ether oxygens (including phenoxy) is 5. The Morgan fingerprint density at radius 2 is 1.85 bits per heavy atom. The van der Waals surface area contributed by atoms with Crippen LogP contribution in [0.2, 0.25) is 0 Å². The van der Waals surface area contributed by atoms with Crippen LogP contribution in [0.1, 0.15) is 0 Å². The van der Waals surface area contributed by atoms with Crippen LogP contribution in [0.3, 0.4) is 0 Å². The van der Waals surface area contributed by atoms with Crippen LogP contribution in [0.25, 0.3) is 0 Å². The van der Waals surface area contributed by atoms with Gasteiger partial charge in [0.15, 0.2) is 11.5 Å². The summed E-state index contributed by atoms with van der Waals surface area (Å²) in [5, 5.41) is 2.92. The van der Waals surface area contributed by atoms with E-state index in [9.17, 15) is 9.59 Å². The third-order valence-electron chi connectivity index (χ3n) is 6.69. The SMILES string of the molecule is COc1cc(NC(=O)C2C3C(=O)N(c4ccc5c(c4)OCO5)CC34C=C[C@H]2O4)cc(OC)c1. The van der Waals surface area contributed by atoms with Crippen molar-refractivity contribution in [1.82, 2.24) is 0 Å². The van der Waals surface area contributed by atoms with E-state index >= 15 is 0 Å². The van der Waals surface area contributed by atoms with Crippen molar-refractivity contribution in [1.29, 1.82) is 0 Å². The van der Waals surface area contributed by atoms with Gasteiger partial charge in [-0.25, -0.2) is 0 Å². The van der Waals surface area contributed by atoms with E-state index in [1.54, 1.807) is 49.5 Å². The van der Waals surface area contributed by atoms with Crippen LogP contribution in [0.5, 0.6) is 23.0 Å². The van der Waals surface area contributed by atoms with Crippen molar-refractivity contribution in [3.05, 3.63) is 48.6 Å². The summed E-state index contributed by atoms with van der Waals surface area (Å²) in [6, 6.07) is 10.5. The normalized spacial score (nSPS) is 28.2. The number of anilines is 2. The Hall–Kier alpha value is -3.72. The van der Waals surface area contributed by atoms with Gasteiger partial charge < -0.3 is 33.9 Å². The summed E-state index contributed by atoms with van der Waals surface area (Å²) < 4.78 is 27.6. The van der Waals surface area contributed by atoms with E-state index in [1.807, 2.05) is 18.2 Å². The first-order chi connectivity index (χ1) is 16.0. The summed E-state index contributed by atoms with van der Waals surface area (Å²) in [6.45, 7) is 0.490. The minimum Gasteiger partial charge on any atom is -0.497 e. The number of carbonyl (C=O) groups is 2. The molecule has 4 heterocycles. The smallest absolute Gasteiger partial charge is 0.234 e. The number of rotatable bonds is 5. The molecule has 0 aromatic heterocycles. The summed E-state index contributed by atoms with van der Waals surface area (Å²) in [4.78, 5) is 28.6. The molecule has 3 unspecified atom stereocenters. The van der Waals surface area contributed by atoms with Crippen molar-refractivity contribution in [2.45, 2.75) is 11.7 Å². The average Bonchev–Trinajstić information content (AvgIpc) is 3.58. The molecule has 0 aliphatic carbocycles. The summed E-state index contributed by atoms with van der Waals surface area (Å²) >= 11 is 0. The van der Waals surface area contributed by atoms with E-state index in [4.69, 9.17) is 23.7 Å². The van der Waals surface area contributed by atoms with Gasteiger partial charge in [-0.15, -0.1) is 0 Å². The highest BCUT2D eigenvalue weighted by Gasteiger charge is 2.67. The fraction of sp³-hybridized carbons (Fsp3) is 0.333. The van der Waals surface area contributed by atoms with Crippen LogP contribution in [0, 0.1) is 11.8 Å². The van der Waals surface area contributed by atoms with Gasteiger partial charge in [0, 0.05) is 35.6 Å². The van der Waals surface area contributed by atoms with Gasteiger partial charge >= 0.3 is 0 Å². The number of hydrogen-bond acceptors (Lipinski definition) is 7. The minimum absolute atomic E-state index is 0.149. The molecule has 4 aliphatic rings. The zero-order valence-electron chi connectivity index (χ0n) is 18.1. The molecular formula is C24H22N2O7. The van der Waals surface area contributed by atoms with Crippen LogP contribution in [-0.2, 0) is 14.3 Å². The molecule has 2 bridgehead atoms. The van der Waals surface area contributed by atoms with E-state index in [0.717, 1.165) is 0 Å². The molecule has 0 radical (unpaired) electrons. The third kappa shape index (κ3) is 2.96. The van der Waals surface area contributed by atoms with Crippen LogP contribution >= 0.6 is 0 Å². The van der Waals surface area contributed by atoms with Crippen molar-refractivity contribution in [3.8, 4) is 23.0 Å². The lowest BCUT2D eigenvalue weighted by atomic mass is 9.77. The predicted molar refractivity (Wildman–Crippen MR) is 117 cm³/mol. The Bertz CT molecular complexity index is 1170. The number of amides is 2. The second-order valence-electron chi connectivity index (χ2n) is 8.45. The molecule has 2 fully saturated rings. The molecule has 4 aliphatic heterocycles. The Kier molecular flexibility index (Phi) is 4.31. The maximum atomic E-state index is 13.6. The Morgan fingerprint density at radius 3 is 2.61 bits per heavy atom. The molecular weight excluding hydrogens is 428 g/mol. The highest BCUT2D eigenvalue weighted by Crippen LogP contribution is 2.53. The fourth-order valence-corrected chi connectivity index (χ4v) is 5.17. The Labute approximate surface area is 189 Å². The molecule has 6 rings (SSSR count). The summed E-state index contributed by atoms with van der Waals surface area (Å²) in [6.07, 6.45) is 3.35. The van der Waals surface area contributed by atoms with Crippen molar-refractivity contribution in [2.24, 2.45) is 11.8 Å². The lowest BCUT2D eigenvalue weighted by molar-refractivity contribution is -0.128. The number of fused-ring (bicyclic) bond motifs is 2. The van der Waals surface area contributed by atoms with E-state index in [-0.39, 0.29) is 18.6 Å². The van der Waals surface area contributed by atoms with E-state index < -0.39 is 23.5 Å². The van der Waals surface area contributed by atoms with Gasteiger partial charge in [0.25, 0.3) is 0 Å². The molecule has 170 valence electrons. The predicted octanol–water partition coefficient (Wildman–Crippen LogP) is 2.36. The highest BCUT2D eigenvalue weighted by atomic mass is 16.7. The van der Waals surface area contributed by atoms with Gasteiger partial charge in [-0.05, 0) is 12.1 Å². The first-order valence-corrected chi connectivity index (χ1v) is 10.6. The molecule has 2 aromatic carbocycles. The maximum absolute atomic E-state index is 13.6. The zero-order valence-corrected chi connectivity index (χ0v) is 18.1. The standard InChI is InChI=1S/C24H22N2O7/c1-29-15-7-13(8-16(10-15)30-2)25-22(27)20-18-5-6-24(33-18)11-26(23(28)21(20)24)14-3-4-17-19(9-14)32-12-31-17/h3-10,18,20-21H,11-12H2,1-2H3,(H,25,27)/t18-,20?,21?,24?/m1/s1. The van der Waals surface area contributed by atoms with Gasteiger partial charge in [-0.2, -0.15) is 0 Å². The van der Waals surface area contributed by atoms with Gasteiger partial charge in [-0.3, -0.25) is 9.59 Å². The fourth-order valence-electron chi connectivity index (χ4n) is 5.17. The number of nitrogens with one attached hydrogen (secondary N) is 1. The largest absolute Gasteiger partial charge is 0.497 e. The van der Waals surface area contributed by atoms with Crippen molar-refractivity contribution < 1.29 is 33.3 Å². The van der Waals surface area contributed by atoms with Crippen LogP contribution in [0.15, 0.2) is 48.6 Å². The number of carbonyl (C=O) groups excluding carboxylic acids is 2. The number of nitrogens with zero attached hydrogens (tertiary/aromatic N) is 1. The van der Waals surface area contributed by atoms with Crippen LogP contribution in [-0.4, -0.2) is 51.1 Å². The van der Waals surface area contributed by atoms with Crippen LogP contribution in [0.4, 0.5) is 11.4 Å². The molecule has 2 saturated heterocycles. The van der Waals surface area contributed by atoms with Crippen molar-refractivity contribution in [3.63, 3.8) is 0 Å². The molecule has 1 spiro atoms. The van der Waals surface area contributed by atoms with E-state index in [0.29, 0.717) is 40.9 Å². The third-order valence-corrected chi connectivity index (χ3v) is 6.69. The van der Waals surface area contributed by atoms with Gasteiger partial charge in [0.1, 0.15) is 17.1 Å². The first kappa shape index (κ1) is 19.9. The molecule has 0 saturated carbocycles. The molecule has 33 heavy (non-hydrogen) atoms. The second kappa shape index (κ2) is 7.14. The number of hydrogen-bond donors (Lipinski definition) is 1. The zero-order chi connectivity index (χ0) is 22.7. The topological polar surface area (TPSA) is 95.6 Å². The number of methoxy groups -OCH3 is 2. The van der Waals surface area contributed by atoms with Crippen LogP contribution < -0.4 is 29.2 Å². The van der Waals surface area contributed by atoms with Gasteiger partial charge in [0.05, 0.1) is 38.7 Å².